The number of carboxylic acids is 1. The SMILES string of the molecule is COC(=O)Cc1ccccc1.O=C(O)CCc1ccccc1. The lowest BCUT2D eigenvalue weighted by atomic mass is 10.1. The molecular weight excluding hydrogens is 280 g/mol. The van der Waals surface area contributed by atoms with Crippen LogP contribution in [-0.2, 0) is 27.2 Å². The molecule has 4 heteroatoms. The lowest BCUT2D eigenvalue weighted by molar-refractivity contribution is -0.140. The number of aryl methyl sites for hydroxylation is 1. The first-order chi connectivity index (χ1) is 10.6. The number of methoxy groups -OCH3 is 1. The summed E-state index contributed by atoms with van der Waals surface area (Å²) in [5.74, 6) is -0.940. The molecule has 0 radical (unpaired) electrons. The highest BCUT2D eigenvalue weighted by molar-refractivity contribution is 5.72. The van der Waals surface area contributed by atoms with E-state index in [9.17, 15) is 9.59 Å². The Morgan fingerprint density at radius 2 is 1.41 bits per heavy atom. The molecule has 0 bridgehead atoms. The summed E-state index contributed by atoms with van der Waals surface area (Å²) in [5, 5.41) is 8.37. The monoisotopic (exact) mass is 300 g/mol. The lowest BCUT2D eigenvalue weighted by Crippen LogP contribution is -2.03. The van der Waals surface area contributed by atoms with Gasteiger partial charge in [-0.3, -0.25) is 9.59 Å². The number of carboxylic acid groups (broad SMARTS) is 1. The van der Waals surface area contributed by atoms with E-state index in [1.807, 2.05) is 60.7 Å². The van der Waals surface area contributed by atoms with Crippen molar-refractivity contribution in [2.45, 2.75) is 19.3 Å². The van der Waals surface area contributed by atoms with Crippen molar-refractivity contribution in [3.63, 3.8) is 0 Å². The zero-order chi connectivity index (χ0) is 16.2. The molecule has 0 unspecified atom stereocenters. The Kier molecular flexibility index (Phi) is 8.05. The zero-order valence-electron chi connectivity index (χ0n) is 12.6. The third-order valence-electron chi connectivity index (χ3n) is 2.89. The second kappa shape index (κ2) is 10.2. The second-order valence-electron chi connectivity index (χ2n) is 4.62. The van der Waals surface area contributed by atoms with Gasteiger partial charge in [-0.15, -0.1) is 0 Å². The van der Waals surface area contributed by atoms with Gasteiger partial charge >= 0.3 is 11.9 Å². The Morgan fingerprint density at radius 3 is 1.86 bits per heavy atom. The molecule has 0 heterocycles. The molecule has 0 aliphatic heterocycles. The van der Waals surface area contributed by atoms with Crippen LogP contribution in [0.15, 0.2) is 60.7 Å². The van der Waals surface area contributed by atoms with Gasteiger partial charge < -0.3 is 9.84 Å². The minimum Gasteiger partial charge on any atom is -0.481 e. The standard InChI is InChI=1S/2C9H10O2/c1-11-9(10)7-8-5-3-2-4-6-8;10-9(11)7-6-8-4-2-1-3-5-8/h2-6H,7H2,1H3;1-5H,6-7H2,(H,10,11). The van der Waals surface area contributed by atoms with E-state index < -0.39 is 5.97 Å². The molecule has 22 heavy (non-hydrogen) atoms. The molecule has 0 amide bonds. The van der Waals surface area contributed by atoms with Crippen molar-refractivity contribution in [1.82, 2.24) is 0 Å². The first-order valence-electron chi connectivity index (χ1n) is 6.98. The summed E-state index contributed by atoms with van der Waals surface area (Å²) in [4.78, 5) is 20.9. The van der Waals surface area contributed by atoms with Crippen LogP contribution in [0.5, 0.6) is 0 Å². The fourth-order valence-corrected chi connectivity index (χ4v) is 1.73. The molecule has 2 rings (SSSR count). The molecule has 0 aliphatic rings. The maximum absolute atomic E-state index is 10.8. The summed E-state index contributed by atoms with van der Waals surface area (Å²) in [7, 11) is 1.39. The molecule has 0 aliphatic carbocycles. The van der Waals surface area contributed by atoms with E-state index in [2.05, 4.69) is 4.74 Å². The summed E-state index contributed by atoms with van der Waals surface area (Å²) < 4.78 is 4.52. The molecule has 0 aromatic heterocycles. The lowest BCUT2D eigenvalue weighted by Gasteiger charge is -1.97. The highest BCUT2D eigenvalue weighted by atomic mass is 16.5. The van der Waals surface area contributed by atoms with Crippen molar-refractivity contribution in [3.8, 4) is 0 Å². The van der Waals surface area contributed by atoms with Crippen LogP contribution < -0.4 is 0 Å². The van der Waals surface area contributed by atoms with Crippen molar-refractivity contribution in [2.24, 2.45) is 0 Å². The van der Waals surface area contributed by atoms with Gasteiger partial charge in [0.05, 0.1) is 13.5 Å². The summed E-state index contributed by atoms with van der Waals surface area (Å²) in [6.07, 6.45) is 1.19. The Balaban J connectivity index is 0.000000220. The molecule has 116 valence electrons. The summed E-state index contributed by atoms with van der Waals surface area (Å²) in [6, 6.07) is 19.1. The van der Waals surface area contributed by atoms with E-state index in [4.69, 9.17) is 5.11 Å². The van der Waals surface area contributed by atoms with E-state index in [0.717, 1.165) is 11.1 Å². The van der Waals surface area contributed by atoms with Crippen molar-refractivity contribution < 1.29 is 19.4 Å². The van der Waals surface area contributed by atoms with Crippen LogP contribution in [-0.4, -0.2) is 24.2 Å². The number of benzene rings is 2. The van der Waals surface area contributed by atoms with Crippen molar-refractivity contribution in [1.29, 1.82) is 0 Å². The Morgan fingerprint density at radius 1 is 0.909 bits per heavy atom. The largest absolute Gasteiger partial charge is 0.481 e. The van der Waals surface area contributed by atoms with Crippen LogP contribution in [0.1, 0.15) is 17.5 Å². The third kappa shape index (κ3) is 7.85. The van der Waals surface area contributed by atoms with E-state index in [1.165, 1.54) is 7.11 Å². The van der Waals surface area contributed by atoms with Crippen LogP contribution >= 0.6 is 0 Å². The number of hydrogen-bond acceptors (Lipinski definition) is 3. The van der Waals surface area contributed by atoms with Gasteiger partial charge in [-0.2, -0.15) is 0 Å². The zero-order valence-corrected chi connectivity index (χ0v) is 12.6. The highest BCUT2D eigenvalue weighted by Gasteiger charge is 2.00. The van der Waals surface area contributed by atoms with Gasteiger partial charge in [-0.05, 0) is 17.5 Å². The highest BCUT2D eigenvalue weighted by Crippen LogP contribution is 2.01. The maximum Gasteiger partial charge on any atom is 0.309 e. The van der Waals surface area contributed by atoms with Crippen molar-refractivity contribution in [3.05, 3.63) is 71.8 Å². The number of ether oxygens (including phenoxy) is 1. The van der Waals surface area contributed by atoms with Crippen LogP contribution in [0, 0.1) is 0 Å². The first-order valence-corrected chi connectivity index (χ1v) is 6.98. The van der Waals surface area contributed by atoms with Gasteiger partial charge in [0, 0.05) is 6.42 Å². The van der Waals surface area contributed by atoms with E-state index in [-0.39, 0.29) is 12.4 Å². The topological polar surface area (TPSA) is 63.6 Å². The first kappa shape index (κ1) is 17.4. The molecule has 4 nitrogen and oxygen atoms in total. The molecule has 2 aromatic carbocycles. The average molecular weight is 300 g/mol. The molecule has 2 aromatic rings. The molecule has 0 fully saturated rings. The fraction of sp³-hybridized carbons (Fsp3) is 0.222. The van der Waals surface area contributed by atoms with Crippen molar-refractivity contribution >= 4 is 11.9 Å². The van der Waals surface area contributed by atoms with E-state index in [1.54, 1.807) is 0 Å². The minimum atomic E-state index is -0.742. The number of carbonyl (C=O) groups excluding carboxylic acids is 1. The van der Waals surface area contributed by atoms with Crippen molar-refractivity contribution in [2.75, 3.05) is 7.11 Å². The smallest absolute Gasteiger partial charge is 0.309 e. The van der Waals surface area contributed by atoms with E-state index >= 15 is 0 Å². The van der Waals surface area contributed by atoms with Crippen LogP contribution in [0.2, 0.25) is 0 Å². The Labute approximate surface area is 130 Å². The Bertz CT molecular complexity index is 564. The maximum atomic E-state index is 10.8. The molecule has 0 spiro atoms. The minimum absolute atomic E-state index is 0.198. The van der Waals surface area contributed by atoms with Gasteiger partial charge in [0.2, 0.25) is 0 Å². The van der Waals surface area contributed by atoms with Crippen LogP contribution in [0.3, 0.4) is 0 Å². The van der Waals surface area contributed by atoms with Crippen LogP contribution in [0.25, 0.3) is 0 Å². The molecule has 0 saturated carbocycles. The fourth-order valence-electron chi connectivity index (χ4n) is 1.73. The van der Waals surface area contributed by atoms with E-state index in [0.29, 0.717) is 12.8 Å². The number of hydrogen-bond donors (Lipinski definition) is 1. The Hall–Kier alpha value is -2.62. The number of carbonyl (C=O) groups is 2. The van der Waals surface area contributed by atoms with Gasteiger partial charge in [-0.1, -0.05) is 60.7 Å². The average Bonchev–Trinajstić information content (AvgIpc) is 2.55. The van der Waals surface area contributed by atoms with Gasteiger partial charge in [0.15, 0.2) is 0 Å². The number of rotatable bonds is 5. The summed E-state index contributed by atoms with van der Waals surface area (Å²) in [6.45, 7) is 0. The number of esters is 1. The summed E-state index contributed by atoms with van der Waals surface area (Å²) >= 11 is 0. The quantitative estimate of drug-likeness (QED) is 0.862. The van der Waals surface area contributed by atoms with Crippen LogP contribution in [0.4, 0.5) is 0 Å². The third-order valence-corrected chi connectivity index (χ3v) is 2.89. The predicted molar refractivity (Wildman–Crippen MR) is 84.6 cm³/mol. The number of aliphatic carboxylic acids is 1. The van der Waals surface area contributed by atoms with Gasteiger partial charge in [0.25, 0.3) is 0 Å². The predicted octanol–water partition coefficient (Wildman–Crippen LogP) is 3.11. The summed E-state index contributed by atoms with van der Waals surface area (Å²) in [5.41, 5.74) is 2.06. The molecule has 0 atom stereocenters. The molecular formula is C18H20O4. The van der Waals surface area contributed by atoms with Gasteiger partial charge in [-0.25, -0.2) is 0 Å². The molecule has 1 N–H and O–H groups in total. The second-order valence-corrected chi connectivity index (χ2v) is 4.62. The normalized spacial score (nSPS) is 9.32. The molecule has 0 saturated heterocycles. The van der Waals surface area contributed by atoms with Gasteiger partial charge in [0.1, 0.15) is 0 Å².